The molecule has 0 fully saturated rings. The van der Waals surface area contributed by atoms with Crippen molar-refractivity contribution in [2.75, 3.05) is 6.61 Å². The van der Waals surface area contributed by atoms with Crippen LogP contribution in [0.2, 0.25) is 25.7 Å². The summed E-state index contributed by atoms with van der Waals surface area (Å²) in [5, 5.41) is 3.72. The average molecular weight is 409 g/mol. The van der Waals surface area contributed by atoms with Gasteiger partial charge in [-0.3, -0.25) is 4.98 Å². The Kier molecular flexibility index (Phi) is 6.13. The summed E-state index contributed by atoms with van der Waals surface area (Å²) in [6.45, 7) is 9.24. The lowest BCUT2D eigenvalue weighted by Crippen LogP contribution is -2.27. The molecule has 0 unspecified atom stereocenters. The van der Waals surface area contributed by atoms with Crippen LogP contribution in [-0.2, 0) is 24.4 Å². The summed E-state index contributed by atoms with van der Waals surface area (Å²) < 4.78 is 8.29. The van der Waals surface area contributed by atoms with Gasteiger partial charge in [0, 0.05) is 20.9 Å². The van der Waals surface area contributed by atoms with Crippen molar-refractivity contribution in [2.24, 2.45) is 0 Å². The van der Waals surface area contributed by atoms with Gasteiger partial charge in [0.05, 0.1) is 29.3 Å². The predicted octanol–water partition coefficient (Wildman–Crippen LogP) is 4.91. The molecule has 0 amide bonds. The minimum atomic E-state index is -1.09. The number of benzene rings is 1. The van der Waals surface area contributed by atoms with Gasteiger partial charge in [0.15, 0.2) is 0 Å². The van der Waals surface area contributed by atoms with Crippen LogP contribution < -0.4 is 5.32 Å². The van der Waals surface area contributed by atoms with E-state index < -0.39 is 8.07 Å². The van der Waals surface area contributed by atoms with E-state index >= 15 is 0 Å². The van der Waals surface area contributed by atoms with Crippen LogP contribution in [0.1, 0.15) is 36.0 Å². The van der Waals surface area contributed by atoms with Crippen molar-refractivity contribution in [1.29, 1.82) is 0 Å². The number of hydrogen-bond acceptors (Lipinski definition) is 4. The molecule has 6 heteroatoms. The number of hydrogen-bond donors (Lipinski definition) is 1. The Balaban J connectivity index is 1.48. The molecule has 0 bridgehead atoms. The number of ether oxygens (including phenoxy) is 1. The van der Waals surface area contributed by atoms with Crippen molar-refractivity contribution >= 4 is 19.1 Å². The number of aromatic nitrogens is 3. The van der Waals surface area contributed by atoms with Gasteiger partial charge in [-0.1, -0.05) is 37.8 Å². The van der Waals surface area contributed by atoms with Gasteiger partial charge in [0.1, 0.15) is 12.6 Å². The first-order valence-electron chi connectivity index (χ1n) is 10.7. The molecule has 1 aliphatic rings. The van der Waals surface area contributed by atoms with Crippen molar-refractivity contribution in [3.8, 4) is 0 Å². The minimum absolute atomic E-state index is 0.293. The van der Waals surface area contributed by atoms with Gasteiger partial charge in [-0.25, -0.2) is 4.98 Å². The molecule has 2 heterocycles. The lowest BCUT2D eigenvalue weighted by molar-refractivity contribution is 0.0875. The standard InChI is InChI=1S/C23H32N4OSi/c1-29(2,3)15-14-28-17-27-21-12-5-4-10-19(21)26-22(27)16-25-20-11-6-8-18-9-7-13-24-23(18)20/h4-5,7,9-10,12-13,20,25H,6,8,11,14-17H2,1-3H3/t20-/m0/s1. The van der Waals surface area contributed by atoms with Crippen LogP contribution in [0.3, 0.4) is 0 Å². The number of pyridine rings is 1. The summed E-state index contributed by atoms with van der Waals surface area (Å²) in [5.41, 5.74) is 4.74. The highest BCUT2D eigenvalue weighted by molar-refractivity contribution is 6.76. The first kappa shape index (κ1) is 20.3. The van der Waals surface area contributed by atoms with E-state index in [9.17, 15) is 0 Å². The molecular formula is C23H32N4OSi. The van der Waals surface area contributed by atoms with Crippen molar-refractivity contribution in [2.45, 2.75) is 64.3 Å². The van der Waals surface area contributed by atoms with E-state index in [0.29, 0.717) is 19.3 Å². The highest BCUT2D eigenvalue weighted by atomic mass is 28.3. The number of nitrogens with one attached hydrogen (secondary N) is 1. The maximum Gasteiger partial charge on any atom is 0.125 e. The highest BCUT2D eigenvalue weighted by Gasteiger charge is 2.22. The van der Waals surface area contributed by atoms with E-state index in [1.165, 1.54) is 23.7 Å². The third-order valence-electron chi connectivity index (χ3n) is 5.65. The van der Waals surface area contributed by atoms with Crippen LogP contribution in [0.5, 0.6) is 0 Å². The van der Waals surface area contributed by atoms with Crippen molar-refractivity contribution < 1.29 is 4.74 Å². The zero-order valence-corrected chi connectivity index (χ0v) is 18.8. The predicted molar refractivity (Wildman–Crippen MR) is 121 cm³/mol. The SMILES string of the molecule is C[Si](C)(C)CCOCn1c(CN[C@H]2CCCc3cccnc32)nc2ccccc21. The van der Waals surface area contributed by atoms with E-state index in [-0.39, 0.29) is 0 Å². The number of aryl methyl sites for hydroxylation is 1. The topological polar surface area (TPSA) is 52.0 Å². The van der Waals surface area contributed by atoms with Gasteiger partial charge in [-0.2, -0.15) is 0 Å². The van der Waals surface area contributed by atoms with Crippen LogP contribution >= 0.6 is 0 Å². The van der Waals surface area contributed by atoms with Crippen LogP contribution in [-0.4, -0.2) is 29.2 Å². The number of fused-ring (bicyclic) bond motifs is 2. The molecule has 0 spiro atoms. The summed E-state index contributed by atoms with van der Waals surface area (Å²) in [5.74, 6) is 1.03. The minimum Gasteiger partial charge on any atom is -0.361 e. The van der Waals surface area contributed by atoms with Gasteiger partial charge >= 0.3 is 0 Å². The molecule has 1 aliphatic carbocycles. The molecule has 3 aromatic rings. The van der Waals surface area contributed by atoms with E-state index in [1.54, 1.807) is 0 Å². The molecular weight excluding hydrogens is 376 g/mol. The van der Waals surface area contributed by atoms with E-state index in [0.717, 1.165) is 36.3 Å². The number of imidazole rings is 1. The Hall–Kier alpha value is -2.02. The summed E-state index contributed by atoms with van der Waals surface area (Å²) in [6.07, 6.45) is 5.36. The van der Waals surface area contributed by atoms with Crippen LogP contribution in [0.4, 0.5) is 0 Å². The van der Waals surface area contributed by atoms with Crippen molar-refractivity contribution in [3.05, 3.63) is 59.7 Å². The fourth-order valence-corrected chi connectivity index (χ4v) is 4.72. The lowest BCUT2D eigenvalue weighted by atomic mass is 9.92. The second-order valence-electron chi connectivity index (χ2n) is 9.17. The van der Waals surface area contributed by atoms with Crippen molar-refractivity contribution in [1.82, 2.24) is 19.9 Å². The fourth-order valence-electron chi connectivity index (χ4n) is 3.96. The summed E-state index contributed by atoms with van der Waals surface area (Å²) >= 11 is 0. The van der Waals surface area contributed by atoms with Gasteiger partial charge in [0.25, 0.3) is 0 Å². The molecule has 1 aromatic carbocycles. The van der Waals surface area contributed by atoms with E-state index in [4.69, 9.17) is 9.72 Å². The van der Waals surface area contributed by atoms with Gasteiger partial charge in [-0.05, 0) is 49.1 Å². The zero-order chi connectivity index (χ0) is 20.3. The quantitative estimate of drug-likeness (QED) is 0.425. The van der Waals surface area contributed by atoms with Gasteiger partial charge < -0.3 is 14.6 Å². The van der Waals surface area contributed by atoms with Crippen LogP contribution in [0.25, 0.3) is 11.0 Å². The summed E-state index contributed by atoms with van der Waals surface area (Å²) in [4.78, 5) is 9.54. The molecule has 5 nitrogen and oxygen atoms in total. The highest BCUT2D eigenvalue weighted by Crippen LogP contribution is 2.28. The van der Waals surface area contributed by atoms with Gasteiger partial charge in [-0.15, -0.1) is 0 Å². The summed E-state index contributed by atoms with van der Waals surface area (Å²) in [7, 11) is -1.09. The maximum absolute atomic E-state index is 6.07. The van der Waals surface area contributed by atoms with Gasteiger partial charge in [0.2, 0.25) is 0 Å². The maximum atomic E-state index is 6.07. The molecule has 29 heavy (non-hydrogen) atoms. The monoisotopic (exact) mass is 408 g/mol. The Bertz CT molecular complexity index is 963. The van der Waals surface area contributed by atoms with Crippen LogP contribution in [0, 0.1) is 0 Å². The third-order valence-corrected chi connectivity index (χ3v) is 7.36. The zero-order valence-electron chi connectivity index (χ0n) is 17.8. The number of para-hydroxylation sites is 2. The Morgan fingerprint density at radius 2 is 2.03 bits per heavy atom. The first-order chi connectivity index (χ1) is 14.0. The number of rotatable bonds is 8. The molecule has 0 aliphatic heterocycles. The third kappa shape index (κ3) is 4.94. The largest absolute Gasteiger partial charge is 0.361 e. The van der Waals surface area contributed by atoms with Crippen LogP contribution in [0.15, 0.2) is 42.6 Å². The Morgan fingerprint density at radius 1 is 1.17 bits per heavy atom. The van der Waals surface area contributed by atoms with E-state index in [1.807, 2.05) is 18.3 Å². The molecule has 4 rings (SSSR count). The van der Waals surface area contributed by atoms with Crippen molar-refractivity contribution in [3.63, 3.8) is 0 Å². The molecule has 0 saturated heterocycles. The molecule has 0 saturated carbocycles. The molecule has 1 N–H and O–H groups in total. The molecule has 154 valence electrons. The average Bonchev–Trinajstić information content (AvgIpc) is 3.06. The molecule has 1 atom stereocenters. The second kappa shape index (κ2) is 8.77. The normalized spacial score (nSPS) is 16.9. The molecule has 2 aromatic heterocycles. The second-order valence-corrected chi connectivity index (χ2v) is 14.8. The smallest absolute Gasteiger partial charge is 0.125 e. The molecule has 0 radical (unpaired) electrons. The Labute approximate surface area is 174 Å². The Morgan fingerprint density at radius 3 is 2.90 bits per heavy atom. The lowest BCUT2D eigenvalue weighted by Gasteiger charge is -2.25. The summed E-state index contributed by atoms with van der Waals surface area (Å²) in [6, 6.07) is 14.0. The van der Waals surface area contributed by atoms with E-state index in [2.05, 4.69) is 58.8 Å². The number of nitrogens with zero attached hydrogens (tertiary/aromatic N) is 3. The first-order valence-corrected chi connectivity index (χ1v) is 14.4. The fraction of sp³-hybridized carbons (Fsp3) is 0.478.